The van der Waals surface area contributed by atoms with Gasteiger partial charge in [0.05, 0.1) is 5.69 Å². The van der Waals surface area contributed by atoms with Crippen molar-refractivity contribution < 1.29 is 4.79 Å². The Bertz CT molecular complexity index is 362. The lowest BCUT2D eigenvalue weighted by Gasteiger charge is -2.08. The van der Waals surface area contributed by atoms with Crippen molar-refractivity contribution in [1.29, 1.82) is 0 Å². The highest BCUT2D eigenvalue weighted by Crippen LogP contribution is 2.10. The number of hydrogen-bond donors (Lipinski definition) is 2. The van der Waals surface area contributed by atoms with Crippen molar-refractivity contribution in [3.63, 3.8) is 0 Å². The van der Waals surface area contributed by atoms with Crippen LogP contribution in [-0.2, 0) is 4.79 Å². The van der Waals surface area contributed by atoms with E-state index in [1.807, 2.05) is 19.9 Å². The molecule has 0 radical (unpaired) electrons. The molecule has 0 saturated heterocycles. The van der Waals surface area contributed by atoms with Crippen molar-refractivity contribution in [2.75, 3.05) is 5.32 Å². The summed E-state index contributed by atoms with van der Waals surface area (Å²) in [5, 5.41) is 2.61. The predicted molar refractivity (Wildman–Crippen MR) is 58.3 cm³/mol. The third-order valence-corrected chi connectivity index (χ3v) is 1.91. The lowest BCUT2D eigenvalue weighted by atomic mass is 10.2. The second kappa shape index (κ2) is 4.84. The number of nitrogens with two attached hydrogens (primary N) is 1. The van der Waals surface area contributed by atoms with E-state index in [-0.39, 0.29) is 11.9 Å². The normalized spacial score (nSPS) is 12.3. The first-order valence-corrected chi connectivity index (χ1v) is 4.94. The summed E-state index contributed by atoms with van der Waals surface area (Å²) in [5.41, 5.74) is 7.24. The van der Waals surface area contributed by atoms with Crippen LogP contribution in [-0.4, -0.2) is 15.9 Å². The monoisotopic (exact) mass is 208 g/mol. The molecule has 1 atom stereocenters. The number of carbonyl (C=O) groups excluding carboxylic acids is 1. The zero-order valence-corrected chi connectivity index (χ0v) is 9.24. The number of aromatic nitrogens is 2. The highest BCUT2D eigenvalue weighted by molar-refractivity contribution is 5.88. The van der Waals surface area contributed by atoms with Crippen molar-refractivity contribution in [3.05, 3.63) is 17.5 Å². The second-order valence-corrected chi connectivity index (χ2v) is 3.45. The zero-order chi connectivity index (χ0) is 11.4. The third kappa shape index (κ3) is 3.28. The summed E-state index contributed by atoms with van der Waals surface area (Å²) in [6, 6.07) is 1.65. The van der Waals surface area contributed by atoms with Crippen molar-refractivity contribution in [3.8, 4) is 0 Å². The molecule has 1 rings (SSSR count). The molecule has 0 aliphatic heterocycles. The van der Waals surface area contributed by atoms with Crippen LogP contribution in [0.1, 0.15) is 37.7 Å². The van der Waals surface area contributed by atoms with E-state index in [2.05, 4.69) is 15.3 Å². The van der Waals surface area contributed by atoms with Gasteiger partial charge in [0.15, 0.2) is 0 Å². The van der Waals surface area contributed by atoms with Gasteiger partial charge in [-0.05, 0) is 19.9 Å². The fourth-order valence-electron chi connectivity index (χ4n) is 1.10. The van der Waals surface area contributed by atoms with Crippen molar-refractivity contribution in [2.24, 2.45) is 5.73 Å². The van der Waals surface area contributed by atoms with Crippen LogP contribution in [0.5, 0.6) is 0 Å². The molecular weight excluding hydrogens is 192 g/mol. The summed E-state index contributed by atoms with van der Waals surface area (Å²) >= 11 is 0. The number of rotatable bonds is 3. The molecule has 1 amide bonds. The number of anilines is 1. The largest absolute Gasteiger partial charge is 0.323 e. The van der Waals surface area contributed by atoms with E-state index in [1.165, 1.54) is 0 Å². The van der Waals surface area contributed by atoms with Crippen LogP contribution in [0.15, 0.2) is 6.07 Å². The fraction of sp³-hybridized carbons (Fsp3) is 0.500. The molecule has 0 spiro atoms. The summed E-state index contributed by atoms with van der Waals surface area (Å²) in [7, 11) is 0. The molecule has 0 aromatic carbocycles. The average molecular weight is 208 g/mol. The van der Waals surface area contributed by atoms with Crippen LogP contribution < -0.4 is 11.1 Å². The quantitative estimate of drug-likeness (QED) is 0.780. The van der Waals surface area contributed by atoms with Gasteiger partial charge in [-0.15, -0.1) is 0 Å². The van der Waals surface area contributed by atoms with Crippen molar-refractivity contribution >= 4 is 11.9 Å². The van der Waals surface area contributed by atoms with Gasteiger partial charge in [0.2, 0.25) is 11.9 Å². The molecule has 1 aromatic heterocycles. The van der Waals surface area contributed by atoms with Gasteiger partial charge in [-0.3, -0.25) is 10.1 Å². The van der Waals surface area contributed by atoms with E-state index >= 15 is 0 Å². The number of aryl methyl sites for hydroxylation is 1. The van der Waals surface area contributed by atoms with Gasteiger partial charge in [0.1, 0.15) is 0 Å². The minimum absolute atomic E-state index is 0.101. The molecular formula is C10H16N4O. The number of nitrogens with one attached hydrogen (secondary N) is 1. The first-order chi connectivity index (χ1) is 7.02. The Labute approximate surface area is 89.1 Å². The Hall–Kier alpha value is -1.49. The molecule has 0 bridgehead atoms. The maximum Gasteiger partial charge on any atom is 0.229 e. The summed E-state index contributed by atoms with van der Waals surface area (Å²) in [4.78, 5) is 19.4. The average Bonchev–Trinajstić information content (AvgIpc) is 2.16. The lowest BCUT2D eigenvalue weighted by molar-refractivity contribution is -0.115. The second-order valence-electron chi connectivity index (χ2n) is 3.45. The molecule has 82 valence electrons. The van der Waals surface area contributed by atoms with E-state index in [4.69, 9.17) is 5.73 Å². The molecule has 1 aromatic rings. The van der Waals surface area contributed by atoms with E-state index in [0.717, 1.165) is 11.4 Å². The van der Waals surface area contributed by atoms with Crippen LogP contribution in [0.25, 0.3) is 0 Å². The molecule has 0 saturated carbocycles. The van der Waals surface area contributed by atoms with Crippen LogP contribution in [0.4, 0.5) is 5.95 Å². The van der Waals surface area contributed by atoms with E-state index in [0.29, 0.717) is 12.4 Å². The molecule has 0 fully saturated rings. The Balaban J connectivity index is 2.93. The minimum Gasteiger partial charge on any atom is -0.323 e. The van der Waals surface area contributed by atoms with Gasteiger partial charge in [-0.25, -0.2) is 9.97 Å². The molecule has 5 heteroatoms. The molecule has 1 heterocycles. The Morgan fingerprint density at radius 3 is 2.80 bits per heavy atom. The molecule has 0 aliphatic carbocycles. The number of nitrogens with zero attached hydrogens (tertiary/aromatic N) is 2. The maximum absolute atomic E-state index is 11.2. The van der Waals surface area contributed by atoms with Gasteiger partial charge in [-0.1, -0.05) is 6.92 Å². The van der Waals surface area contributed by atoms with Crippen molar-refractivity contribution in [1.82, 2.24) is 9.97 Å². The summed E-state index contributed by atoms with van der Waals surface area (Å²) in [6.45, 7) is 5.46. The van der Waals surface area contributed by atoms with E-state index in [9.17, 15) is 4.79 Å². The highest BCUT2D eigenvalue weighted by atomic mass is 16.1. The standard InChI is InChI=1S/C10H16N4O/c1-4-9(15)14-10-12-6(2)5-8(13-10)7(3)11/h5,7H,4,11H2,1-3H3,(H,12,13,14,15). The Morgan fingerprint density at radius 1 is 1.60 bits per heavy atom. The van der Waals surface area contributed by atoms with E-state index in [1.54, 1.807) is 6.92 Å². The third-order valence-electron chi connectivity index (χ3n) is 1.91. The summed E-state index contributed by atoms with van der Waals surface area (Å²) in [5.74, 6) is 0.227. The SMILES string of the molecule is CCC(=O)Nc1nc(C)cc(C(C)N)n1. The Morgan fingerprint density at radius 2 is 2.27 bits per heavy atom. The summed E-state index contributed by atoms with van der Waals surface area (Å²) in [6.07, 6.45) is 0.408. The van der Waals surface area contributed by atoms with Gasteiger partial charge >= 0.3 is 0 Å². The highest BCUT2D eigenvalue weighted by Gasteiger charge is 2.07. The lowest BCUT2D eigenvalue weighted by Crippen LogP contribution is -2.15. The smallest absolute Gasteiger partial charge is 0.229 e. The maximum atomic E-state index is 11.2. The van der Waals surface area contributed by atoms with Gasteiger partial charge < -0.3 is 5.73 Å². The first kappa shape index (κ1) is 11.6. The van der Waals surface area contributed by atoms with Crippen molar-refractivity contribution in [2.45, 2.75) is 33.2 Å². The predicted octanol–water partition coefficient (Wildman–Crippen LogP) is 1.15. The van der Waals surface area contributed by atoms with Gasteiger partial charge in [0, 0.05) is 18.2 Å². The zero-order valence-electron chi connectivity index (χ0n) is 9.24. The molecule has 5 nitrogen and oxygen atoms in total. The Kier molecular flexibility index (Phi) is 3.74. The topological polar surface area (TPSA) is 80.9 Å². The first-order valence-electron chi connectivity index (χ1n) is 4.94. The summed E-state index contributed by atoms with van der Waals surface area (Å²) < 4.78 is 0. The number of amides is 1. The molecule has 15 heavy (non-hydrogen) atoms. The minimum atomic E-state index is -0.163. The molecule has 1 unspecified atom stereocenters. The molecule has 0 aliphatic rings. The van der Waals surface area contributed by atoms with Crippen LogP contribution in [0, 0.1) is 6.92 Å². The van der Waals surface area contributed by atoms with Crippen LogP contribution in [0.3, 0.4) is 0 Å². The fourth-order valence-corrected chi connectivity index (χ4v) is 1.10. The van der Waals surface area contributed by atoms with Gasteiger partial charge in [-0.2, -0.15) is 0 Å². The van der Waals surface area contributed by atoms with Crippen LogP contribution in [0.2, 0.25) is 0 Å². The van der Waals surface area contributed by atoms with Gasteiger partial charge in [0.25, 0.3) is 0 Å². The number of carbonyl (C=O) groups is 1. The van der Waals surface area contributed by atoms with E-state index < -0.39 is 0 Å². The molecule has 3 N–H and O–H groups in total. The number of hydrogen-bond acceptors (Lipinski definition) is 4. The van der Waals surface area contributed by atoms with Crippen LogP contribution >= 0.6 is 0 Å².